The van der Waals surface area contributed by atoms with Crippen molar-refractivity contribution in [1.82, 2.24) is 15.1 Å². The molecule has 0 atom stereocenters. The highest BCUT2D eigenvalue weighted by Gasteiger charge is 2.18. The predicted octanol–water partition coefficient (Wildman–Crippen LogP) is 3.62. The van der Waals surface area contributed by atoms with E-state index in [4.69, 9.17) is 9.47 Å². The molecule has 142 valence electrons. The lowest BCUT2D eigenvalue weighted by Crippen LogP contribution is -2.26. The first-order chi connectivity index (χ1) is 13.2. The Morgan fingerprint density at radius 3 is 2.74 bits per heavy atom. The molecule has 0 saturated carbocycles. The number of aryl methyl sites for hydroxylation is 1. The Morgan fingerprint density at radius 2 is 2.07 bits per heavy atom. The van der Waals surface area contributed by atoms with Crippen molar-refractivity contribution in [3.05, 3.63) is 52.3 Å². The van der Waals surface area contributed by atoms with Gasteiger partial charge in [-0.05, 0) is 43.0 Å². The number of benzene rings is 1. The summed E-state index contributed by atoms with van der Waals surface area (Å²) >= 11 is 1.69. The third-order valence-corrected chi connectivity index (χ3v) is 5.17. The number of hydrogen-bond donors (Lipinski definition) is 1. The number of ether oxygens (including phenoxy) is 2. The van der Waals surface area contributed by atoms with Crippen LogP contribution in [0.4, 0.5) is 0 Å². The van der Waals surface area contributed by atoms with Crippen molar-refractivity contribution in [3.8, 4) is 22.8 Å². The zero-order valence-electron chi connectivity index (χ0n) is 15.7. The SMILES string of the molecule is CCn1nc(C(=O)NCCc2cccs2)cc1-c1ccc(OC)cc1OC. The van der Waals surface area contributed by atoms with Crippen molar-refractivity contribution in [1.29, 1.82) is 0 Å². The van der Waals surface area contributed by atoms with E-state index in [-0.39, 0.29) is 5.91 Å². The van der Waals surface area contributed by atoms with Gasteiger partial charge in [0.15, 0.2) is 5.69 Å². The van der Waals surface area contributed by atoms with E-state index in [1.54, 1.807) is 36.3 Å². The van der Waals surface area contributed by atoms with Crippen LogP contribution in [0.5, 0.6) is 11.5 Å². The average molecular weight is 385 g/mol. The van der Waals surface area contributed by atoms with Crippen molar-refractivity contribution in [2.24, 2.45) is 0 Å². The Balaban J connectivity index is 1.79. The first kappa shape index (κ1) is 19.0. The van der Waals surface area contributed by atoms with Gasteiger partial charge in [0.2, 0.25) is 0 Å². The third-order valence-electron chi connectivity index (χ3n) is 4.23. The number of carbonyl (C=O) groups excluding carboxylic acids is 1. The van der Waals surface area contributed by atoms with E-state index in [1.165, 1.54) is 4.88 Å². The van der Waals surface area contributed by atoms with Gasteiger partial charge < -0.3 is 14.8 Å². The minimum absolute atomic E-state index is 0.174. The molecule has 1 N–H and O–H groups in total. The Bertz CT molecular complexity index is 903. The van der Waals surface area contributed by atoms with E-state index in [2.05, 4.69) is 16.5 Å². The minimum atomic E-state index is -0.174. The fraction of sp³-hybridized carbons (Fsp3) is 0.300. The number of amides is 1. The van der Waals surface area contributed by atoms with Crippen molar-refractivity contribution in [2.45, 2.75) is 19.9 Å². The van der Waals surface area contributed by atoms with Crippen molar-refractivity contribution in [2.75, 3.05) is 20.8 Å². The molecule has 0 fully saturated rings. The number of carbonyl (C=O) groups is 1. The summed E-state index contributed by atoms with van der Waals surface area (Å²) in [6, 6.07) is 11.5. The second-order valence-corrected chi connectivity index (χ2v) is 6.91. The standard InChI is InChI=1S/C20H23N3O3S/c1-4-23-18(16-8-7-14(25-2)12-19(16)26-3)13-17(22-23)20(24)21-10-9-15-6-5-11-27-15/h5-8,11-13H,4,9-10H2,1-3H3,(H,21,24). The van der Waals surface area contributed by atoms with Crippen LogP contribution < -0.4 is 14.8 Å². The second-order valence-electron chi connectivity index (χ2n) is 5.88. The lowest BCUT2D eigenvalue weighted by atomic mass is 10.1. The fourth-order valence-electron chi connectivity index (χ4n) is 2.84. The highest BCUT2D eigenvalue weighted by Crippen LogP contribution is 2.33. The molecule has 2 aromatic heterocycles. The van der Waals surface area contributed by atoms with Gasteiger partial charge in [-0.15, -0.1) is 11.3 Å². The van der Waals surface area contributed by atoms with E-state index in [0.717, 1.165) is 17.7 Å². The number of hydrogen-bond acceptors (Lipinski definition) is 5. The molecular weight excluding hydrogens is 362 g/mol. The van der Waals surface area contributed by atoms with Gasteiger partial charge in [-0.25, -0.2) is 0 Å². The summed E-state index contributed by atoms with van der Waals surface area (Å²) in [7, 11) is 3.23. The predicted molar refractivity (Wildman–Crippen MR) is 107 cm³/mol. The Kier molecular flexibility index (Phi) is 6.13. The zero-order valence-corrected chi connectivity index (χ0v) is 16.5. The van der Waals surface area contributed by atoms with E-state index in [0.29, 0.717) is 30.3 Å². The number of thiophene rings is 1. The zero-order chi connectivity index (χ0) is 19.2. The molecule has 1 amide bonds. The maximum Gasteiger partial charge on any atom is 0.271 e. The Labute approximate surface area is 162 Å². The largest absolute Gasteiger partial charge is 0.497 e. The van der Waals surface area contributed by atoms with Gasteiger partial charge in [0, 0.05) is 29.6 Å². The van der Waals surface area contributed by atoms with Gasteiger partial charge in [-0.3, -0.25) is 9.48 Å². The first-order valence-electron chi connectivity index (χ1n) is 8.77. The average Bonchev–Trinajstić information content (AvgIpc) is 3.37. The topological polar surface area (TPSA) is 65.4 Å². The van der Waals surface area contributed by atoms with Crippen LogP contribution >= 0.6 is 11.3 Å². The Morgan fingerprint density at radius 1 is 1.22 bits per heavy atom. The van der Waals surface area contributed by atoms with Crippen LogP contribution in [-0.2, 0) is 13.0 Å². The van der Waals surface area contributed by atoms with Gasteiger partial charge in [0.05, 0.1) is 19.9 Å². The summed E-state index contributed by atoms with van der Waals surface area (Å²) in [5, 5.41) is 9.44. The van der Waals surface area contributed by atoms with Gasteiger partial charge >= 0.3 is 0 Å². The Hall–Kier alpha value is -2.80. The normalized spacial score (nSPS) is 10.6. The maximum atomic E-state index is 12.5. The molecule has 0 spiro atoms. The monoisotopic (exact) mass is 385 g/mol. The van der Waals surface area contributed by atoms with Gasteiger partial charge in [0.25, 0.3) is 5.91 Å². The van der Waals surface area contributed by atoms with Crippen LogP contribution in [0.2, 0.25) is 0 Å². The molecule has 0 unspecified atom stereocenters. The smallest absolute Gasteiger partial charge is 0.271 e. The summed E-state index contributed by atoms with van der Waals surface area (Å²) in [5.41, 5.74) is 2.10. The molecule has 0 saturated heterocycles. The summed E-state index contributed by atoms with van der Waals surface area (Å²) in [6.45, 7) is 3.22. The molecule has 3 rings (SSSR count). The van der Waals surface area contributed by atoms with Crippen molar-refractivity contribution < 1.29 is 14.3 Å². The summed E-state index contributed by atoms with van der Waals surface area (Å²) in [5.74, 6) is 1.21. The molecule has 27 heavy (non-hydrogen) atoms. The molecule has 0 aliphatic rings. The summed E-state index contributed by atoms with van der Waals surface area (Å²) < 4.78 is 12.6. The highest BCUT2D eigenvalue weighted by molar-refractivity contribution is 7.09. The van der Waals surface area contributed by atoms with Crippen LogP contribution in [0.3, 0.4) is 0 Å². The summed E-state index contributed by atoms with van der Waals surface area (Å²) in [4.78, 5) is 13.8. The van der Waals surface area contributed by atoms with Gasteiger partial charge in [-0.2, -0.15) is 5.10 Å². The second kappa shape index (κ2) is 8.73. The third kappa shape index (κ3) is 4.31. The number of nitrogens with zero attached hydrogens (tertiary/aromatic N) is 2. The molecule has 0 aliphatic carbocycles. The molecular formula is C20H23N3O3S. The first-order valence-corrected chi connectivity index (χ1v) is 9.65. The van der Waals surface area contributed by atoms with Gasteiger partial charge in [0.1, 0.15) is 11.5 Å². The molecule has 0 radical (unpaired) electrons. The number of nitrogens with one attached hydrogen (secondary N) is 1. The molecule has 7 heteroatoms. The van der Waals surface area contributed by atoms with Crippen LogP contribution in [0.1, 0.15) is 22.3 Å². The van der Waals surface area contributed by atoms with E-state index in [9.17, 15) is 4.79 Å². The van der Waals surface area contributed by atoms with E-state index >= 15 is 0 Å². The molecule has 1 aromatic carbocycles. The van der Waals surface area contributed by atoms with Crippen molar-refractivity contribution in [3.63, 3.8) is 0 Å². The number of methoxy groups -OCH3 is 2. The van der Waals surface area contributed by atoms with E-state index in [1.807, 2.05) is 36.6 Å². The van der Waals surface area contributed by atoms with Crippen LogP contribution in [0.25, 0.3) is 11.3 Å². The molecule has 0 bridgehead atoms. The number of aromatic nitrogens is 2. The lowest BCUT2D eigenvalue weighted by Gasteiger charge is -2.11. The van der Waals surface area contributed by atoms with Gasteiger partial charge in [-0.1, -0.05) is 6.07 Å². The molecule has 3 aromatic rings. The summed E-state index contributed by atoms with van der Waals surface area (Å²) in [6.07, 6.45) is 0.817. The maximum absolute atomic E-state index is 12.5. The minimum Gasteiger partial charge on any atom is -0.497 e. The lowest BCUT2D eigenvalue weighted by molar-refractivity contribution is 0.0948. The van der Waals surface area contributed by atoms with Crippen molar-refractivity contribution >= 4 is 17.2 Å². The van der Waals surface area contributed by atoms with Crippen LogP contribution in [0, 0.1) is 0 Å². The van der Waals surface area contributed by atoms with Crippen LogP contribution in [0.15, 0.2) is 41.8 Å². The number of rotatable bonds is 8. The molecule has 2 heterocycles. The molecule has 6 nitrogen and oxygen atoms in total. The fourth-order valence-corrected chi connectivity index (χ4v) is 3.55. The molecule has 0 aliphatic heterocycles. The van der Waals surface area contributed by atoms with E-state index < -0.39 is 0 Å². The highest BCUT2D eigenvalue weighted by atomic mass is 32.1. The van der Waals surface area contributed by atoms with Crippen LogP contribution in [-0.4, -0.2) is 36.5 Å². The quantitative estimate of drug-likeness (QED) is 0.643.